The van der Waals surface area contributed by atoms with E-state index in [1.54, 1.807) is 37.3 Å². The summed E-state index contributed by atoms with van der Waals surface area (Å²) in [7, 11) is 3.47. The number of carbonyl (C=O) groups is 1. The second-order valence-electron chi connectivity index (χ2n) is 4.69. The van der Waals surface area contributed by atoms with Crippen LogP contribution in [0.4, 0.5) is 0 Å². The van der Waals surface area contributed by atoms with Gasteiger partial charge in [-0.2, -0.15) is 0 Å². The third kappa shape index (κ3) is 3.82. The quantitative estimate of drug-likeness (QED) is 0.838. The van der Waals surface area contributed by atoms with E-state index in [1.807, 2.05) is 30.5 Å². The number of nitrogens with zero attached hydrogens (tertiary/aromatic N) is 2. The Hall–Kier alpha value is -2.36. The molecule has 1 aromatic heterocycles. The molecule has 0 aliphatic carbocycles. The molecule has 0 bridgehead atoms. The molecule has 104 valence electrons. The van der Waals surface area contributed by atoms with E-state index in [4.69, 9.17) is 4.74 Å². The van der Waals surface area contributed by atoms with Gasteiger partial charge >= 0.3 is 0 Å². The number of ether oxygens (including phenoxy) is 1. The summed E-state index contributed by atoms with van der Waals surface area (Å²) in [5.74, 6) is 0.685. The Morgan fingerprint density at radius 2 is 2.10 bits per heavy atom. The first-order valence-electron chi connectivity index (χ1n) is 6.50. The summed E-state index contributed by atoms with van der Waals surface area (Å²) in [6, 6.07) is 11.2. The van der Waals surface area contributed by atoms with Crippen LogP contribution in [-0.4, -0.2) is 36.5 Å². The summed E-state index contributed by atoms with van der Waals surface area (Å²) in [5, 5.41) is 0. The molecule has 1 aromatic carbocycles. The van der Waals surface area contributed by atoms with Crippen molar-refractivity contribution in [3.05, 3.63) is 59.9 Å². The van der Waals surface area contributed by atoms with E-state index in [-0.39, 0.29) is 5.91 Å². The summed E-state index contributed by atoms with van der Waals surface area (Å²) in [5.41, 5.74) is 1.77. The van der Waals surface area contributed by atoms with Crippen LogP contribution in [0.15, 0.2) is 48.8 Å². The third-order valence-electron chi connectivity index (χ3n) is 2.87. The molecule has 4 heteroatoms. The fourth-order valence-corrected chi connectivity index (χ4v) is 1.81. The van der Waals surface area contributed by atoms with E-state index in [2.05, 4.69) is 4.98 Å². The molecule has 1 heterocycles. The van der Waals surface area contributed by atoms with Crippen molar-refractivity contribution < 1.29 is 9.53 Å². The Kier molecular flexibility index (Phi) is 4.71. The van der Waals surface area contributed by atoms with Crippen molar-refractivity contribution in [3.8, 4) is 5.75 Å². The molecule has 2 rings (SSSR count). The molecule has 0 radical (unpaired) electrons. The van der Waals surface area contributed by atoms with Crippen molar-refractivity contribution in [2.45, 2.75) is 6.42 Å². The van der Waals surface area contributed by atoms with Crippen LogP contribution in [0.5, 0.6) is 5.75 Å². The van der Waals surface area contributed by atoms with Crippen LogP contribution in [-0.2, 0) is 6.42 Å². The highest BCUT2D eigenvalue weighted by atomic mass is 16.5. The molecule has 2 aromatic rings. The van der Waals surface area contributed by atoms with E-state index < -0.39 is 0 Å². The minimum Gasteiger partial charge on any atom is -0.493 e. The molecule has 20 heavy (non-hydrogen) atoms. The van der Waals surface area contributed by atoms with E-state index in [9.17, 15) is 4.79 Å². The lowest BCUT2D eigenvalue weighted by Crippen LogP contribution is -2.21. The standard InChI is InChI=1S/C16H18N2O2/c1-18(2)16(19)14-6-3-7-15(11-14)20-10-8-13-5-4-9-17-12-13/h3-7,9,11-12H,8,10H2,1-2H3. The maximum atomic E-state index is 11.9. The van der Waals surface area contributed by atoms with Crippen LogP contribution in [0.2, 0.25) is 0 Å². The van der Waals surface area contributed by atoms with E-state index in [0.717, 1.165) is 12.0 Å². The summed E-state index contributed by atoms with van der Waals surface area (Å²) >= 11 is 0. The van der Waals surface area contributed by atoms with Crippen molar-refractivity contribution in [2.24, 2.45) is 0 Å². The van der Waals surface area contributed by atoms with E-state index in [1.165, 1.54) is 0 Å². The first-order chi connectivity index (χ1) is 9.66. The number of benzene rings is 1. The third-order valence-corrected chi connectivity index (χ3v) is 2.87. The molecule has 4 nitrogen and oxygen atoms in total. The highest BCUT2D eigenvalue weighted by Gasteiger charge is 2.08. The van der Waals surface area contributed by atoms with Gasteiger partial charge in [0.15, 0.2) is 0 Å². The monoisotopic (exact) mass is 270 g/mol. The van der Waals surface area contributed by atoms with Gasteiger partial charge in [0.2, 0.25) is 0 Å². The van der Waals surface area contributed by atoms with Crippen LogP contribution < -0.4 is 4.74 Å². The lowest BCUT2D eigenvalue weighted by atomic mass is 10.2. The molecule has 0 fully saturated rings. The van der Waals surface area contributed by atoms with Gasteiger partial charge in [0.1, 0.15) is 5.75 Å². The minimum atomic E-state index is -0.0253. The number of rotatable bonds is 5. The molecule has 0 aliphatic rings. The van der Waals surface area contributed by atoms with Crippen LogP contribution >= 0.6 is 0 Å². The summed E-state index contributed by atoms with van der Waals surface area (Å²) in [6.07, 6.45) is 4.37. The highest BCUT2D eigenvalue weighted by Crippen LogP contribution is 2.14. The number of carbonyl (C=O) groups excluding carboxylic acids is 1. The summed E-state index contributed by atoms with van der Waals surface area (Å²) in [4.78, 5) is 17.5. The second kappa shape index (κ2) is 6.70. The Bertz CT molecular complexity index is 568. The van der Waals surface area contributed by atoms with Crippen molar-refractivity contribution in [1.82, 2.24) is 9.88 Å². The first-order valence-corrected chi connectivity index (χ1v) is 6.50. The van der Waals surface area contributed by atoms with E-state index in [0.29, 0.717) is 17.9 Å². The number of amides is 1. The average Bonchev–Trinajstić information content (AvgIpc) is 2.48. The Morgan fingerprint density at radius 1 is 1.25 bits per heavy atom. The Balaban J connectivity index is 1.93. The second-order valence-corrected chi connectivity index (χ2v) is 4.69. The molecular formula is C16H18N2O2. The maximum absolute atomic E-state index is 11.9. The normalized spacial score (nSPS) is 10.1. The number of hydrogen-bond donors (Lipinski definition) is 0. The average molecular weight is 270 g/mol. The molecule has 1 amide bonds. The van der Waals surface area contributed by atoms with Gasteiger partial charge in [-0.25, -0.2) is 0 Å². The van der Waals surface area contributed by atoms with Crippen LogP contribution in [0.3, 0.4) is 0 Å². The zero-order valence-electron chi connectivity index (χ0n) is 11.7. The number of pyridine rings is 1. The Morgan fingerprint density at radius 3 is 2.80 bits per heavy atom. The van der Waals surface area contributed by atoms with Gasteiger partial charge in [0.05, 0.1) is 6.61 Å². The smallest absolute Gasteiger partial charge is 0.253 e. The van der Waals surface area contributed by atoms with E-state index >= 15 is 0 Å². The summed E-state index contributed by atoms with van der Waals surface area (Å²) < 4.78 is 5.68. The molecule has 0 unspecified atom stereocenters. The predicted octanol–water partition coefficient (Wildman–Crippen LogP) is 2.40. The fraction of sp³-hybridized carbons (Fsp3) is 0.250. The van der Waals surface area contributed by atoms with Gasteiger partial charge in [-0.3, -0.25) is 9.78 Å². The zero-order chi connectivity index (χ0) is 14.4. The summed E-state index contributed by atoms with van der Waals surface area (Å²) in [6.45, 7) is 0.561. The van der Waals surface area contributed by atoms with Crippen molar-refractivity contribution >= 4 is 5.91 Å². The predicted molar refractivity (Wildman–Crippen MR) is 77.9 cm³/mol. The minimum absolute atomic E-state index is 0.0253. The number of aromatic nitrogens is 1. The van der Waals surface area contributed by atoms with Gasteiger partial charge < -0.3 is 9.64 Å². The lowest BCUT2D eigenvalue weighted by molar-refractivity contribution is 0.0827. The fourth-order valence-electron chi connectivity index (χ4n) is 1.81. The Labute approximate surface area is 119 Å². The van der Waals surface area contributed by atoms with Gasteiger partial charge in [0.25, 0.3) is 5.91 Å². The van der Waals surface area contributed by atoms with Crippen molar-refractivity contribution in [3.63, 3.8) is 0 Å². The van der Waals surface area contributed by atoms with Crippen molar-refractivity contribution in [1.29, 1.82) is 0 Å². The lowest BCUT2D eigenvalue weighted by Gasteiger charge is -2.11. The van der Waals surface area contributed by atoms with Gasteiger partial charge in [0, 0.05) is 38.5 Å². The SMILES string of the molecule is CN(C)C(=O)c1cccc(OCCc2cccnc2)c1. The van der Waals surface area contributed by atoms with Crippen LogP contribution in [0, 0.1) is 0 Å². The topological polar surface area (TPSA) is 42.4 Å². The molecular weight excluding hydrogens is 252 g/mol. The molecule has 0 atom stereocenters. The molecule has 0 saturated heterocycles. The molecule has 0 spiro atoms. The molecule has 0 N–H and O–H groups in total. The first kappa shape index (κ1) is 14.1. The largest absolute Gasteiger partial charge is 0.493 e. The number of hydrogen-bond acceptors (Lipinski definition) is 3. The van der Waals surface area contributed by atoms with Gasteiger partial charge in [-0.1, -0.05) is 12.1 Å². The van der Waals surface area contributed by atoms with Crippen LogP contribution in [0.25, 0.3) is 0 Å². The zero-order valence-corrected chi connectivity index (χ0v) is 11.7. The highest BCUT2D eigenvalue weighted by molar-refractivity contribution is 5.94. The van der Waals surface area contributed by atoms with Gasteiger partial charge in [-0.05, 0) is 29.8 Å². The van der Waals surface area contributed by atoms with Gasteiger partial charge in [-0.15, -0.1) is 0 Å². The van der Waals surface area contributed by atoms with Crippen LogP contribution in [0.1, 0.15) is 15.9 Å². The van der Waals surface area contributed by atoms with Crippen molar-refractivity contribution in [2.75, 3.05) is 20.7 Å². The molecule has 0 aliphatic heterocycles. The molecule has 0 saturated carbocycles. The maximum Gasteiger partial charge on any atom is 0.253 e.